The first kappa shape index (κ1) is 12.0. The van der Waals surface area contributed by atoms with E-state index in [4.69, 9.17) is 5.84 Å². The maximum absolute atomic E-state index is 5.68. The zero-order valence-electron chi connectivity index (χ0n) is 10.1. The Labute approximate surface area is 88.6 Å². The van der Waals surface area contributed by atoms with Crippen LogP contribution in [0.25, 0.3) is 0 Å². The molecule has 0 aromatic carbocycles. The lowest BCUT2D eigenvalue weighted by molar-refractivity contribution is 0.0799. The Morgan fingerprint density at radius 3 is 2.36 bits per heavy atom. The summed E-state index contributed by atoms with van der Waals surface area (Å²) in [5.41, 5.74) is 3.48. The number of nitrogens with one attached hydrogen (secondary N) is 1. The quantitative estimate of drug-likeness (QED) is 0.540. The van der Waals surface area contributed by atoms with Gasteiger partial charge in [-0.05, 0) is 30.1 Å². The van der Waals surface area contributed by atoms with Gasteiger partial charge in [-0.1, -0.05) is 40.5 Å². The van der Waals surface area contributed by atoms with Gasteiger partial charge in [-0.3, -0.25) is 11.3 Å². The van der Waals surface area contributed by atoms with E-state index >= 15 is 0 Å². The molecular weight excluding hydrogens is 172 g/mol. The first-order chi connectivity index (χ1) is 6.49. The molecule has 84 valence electrons. The van der Waals surface area contributed by atoms with Gasteiger partial charge in [0.2, 0.25) is 0 Å². The van der Waals surface area contributed by atoms with Crippen LogP contribution in [0.15, 0.2) is 0 Å². The fourth-order valence-corrected chi connectivity index (χ4v) is 2.96. The Morgan fingerprint density at radius 2 is 1.93 bits per heavy atom. The lowest BCUT2D eigenvalue weighted by atomic mass is 9.64. The molecule has 0 spiro atoms. The average Bonchev–Trinajstić information content (AvgIpc) is 2.08. The highest BCUT2D eigenvalue weighted by Gasteiger charge is 2.38. The third-order valence-electron chi connectivity index (χ3n) is 3.93. The van der Waals surface area contributed by atoms with E-state index in [1.807, 2.05) is 0 Å². The van der Waals surface area contributed by atoms with Gasteiger partial charge in [-0.15, -0.1) is 0 Å². The molecule has 0 aromatic rings. The summed E-state index contributed by atoms with van der Waals surface area (Å²) >= 11 is 0. The van der Waals surface area contributed by atoms with Gasteiger partial charge >= 0.3 is 0 Å². The summed E-state index contributed by atoms with van der Waals surface area (Å²) in [7, 11) is 0. The molecule has 2 nitrogen and oxygen atoms in total. The number of nitrogens with two attached hydrogens (primary N) is 1. The van der Waals surface area contributed by atoms with Gasteiger partial charge in [-0.25, -0.2) is 0 Å². The van der Waals surface area contributed by atoms with E-state index in [1.165, 1.54) is 25.7 Å². The largest absolute Gasteiger partial charge is 0.271 e. The van der Waals surface area contributed by atoms with Crippen molar-refractivity contribution in [3.63, 3.8) is 0 Å². The van der Waals surface area contributed by atoms with E-state index in [9.17, 15) is 0 Å². The molecule has 2 heteroatoms. The van der Waals surface area contributed by atoms with E-state index in [2.05, 4.69) is 33.1 Å². The Morgan fingerprint density at radius 1 is 1.29 bits per heavy atom. The molecule has 3 N–H and O–H groups in total. The molecule has 0 radical (unpaired) electrons. The van der Waals surface area contributed by atoms with E-state index in [1.54, 1.807) is 0 Å². The first-order valence-electron chi connectivity index (χ1n) is 5.95. The van der Waals surface area contributed by atoms with Gasteiger partial charge in [0.15, 0.2) is 0 Å². The fourth-order valence-electron chi connectivity index (χ4n) is 2.96. The van der Waals surface area contributed by atoms with E-state index in [0.717, 1.165) is 5.92 Å². The zero-order chi connectivity index (χ0) is 10.8. The van der Waals surface area contributed by atoms with Crippen LogP contribution in [0.4, 0.5) is 0 Å². The molecule has 1 aliphatic rings. The van der Waals surface area contributed by atoms with Crippen molar-refractivity contribution in [3.8, 4) is 0 Å². The van der Waals surface area contributed by atoms with Crippen molar-refractivity contribution in [2.75, 3.05) is 0 Å². The summed E-state index contributed by atoms with van der Waals surface area (Å²) in [5, 5.41) is 0. The second-order valence-electron chi connectivity index (χ2n) is 5.78. The molecule has 0 bridgehead atoms. The molecule has 2 unspecified atom stereocenters. The zero-order valence-corrected chi connectivity index (χ0v) is 10.1. The SMILES string of the molecule is CC(C)C(NN)C1CCCCC1(C)C. The lowest BCUT2D eigenvalue weighted by Crippen LogP contribution is -2.50. The number of rotatable bonds is 3. The Bertz CT molecular complexity index is 175. The minimum absolute atomic E-state index is 0.458. The normalized spacial score (nSPS) is 29.1. The second kappa shape index (κ2) is 4.63. The predicted molar refractivity (Wildman–Crippen MR) is 61.7 cm³/mol. The minimum atomic E-state index is 0.458. The van der Waals surface area contributed by atoms with Crippen LogP contribution in [0, 0.1) is 17.3 Å². The van der Waals surface area contributed by atoms with E-state index in [0.29, 0.717) is 17.4 Å². The third kappa shape index (κ3) is 2.48. The molecular formula is C12H26N2. The molecule has 1 rings (SSSR count). The second-order valence-corrected chi connectivity index (χ2v) is 5.78. The van der Waals surface area contributed by atoms with Crippen LogP contribution in [0.3, 0.4) is 0 Å². The van der Waals surface area contributed by atoms with Crippen molar-refractivity contribution in [1.29, 1.82) is 0 Å². The topological polar surface area (TPSA) is 38.0 Å². The van der Waals surface area contributed by atoms with Gasteiger partial charge in [0.1, 0.15) is 0 Å². The van der Waals surface area contributed by atoms with Crippen LogP contribution in [-0.2, 0) is 0 Å². The molecule has 0 heterocycles. The monoisotopic (exact) mass is 198 g/mol. The van der Waals surface area contributed by atoms with Crippen LogP contribution >= 0.6 is 0 Å². The fraction of sp³-hybridized carbons (Fsp3) is 1.00. The number of hydrazine groups is 1. The summed E-state index contributed by atoms with van der Waals surface area (Å²) in [6.07, 6.45) is 5.44. The van der Waals surface area contributed by atoms with Gasteiger partial charge in [0.25, 0.3) is 0 Å². The Balaban J connectivity index is 2.71. The van der Waals surface area contributed by atoms with Gasteiger partial charge in [0.05, 0.1) is 0 Å². The smallest absolute Gasteiger partial charge is 0.0266 e. The van der Waals surface area contributed by atoms with Crippen LogP contribution < -0.4 is 11.3 Å². The van der Waals surface area contributed by atoms with Gasteiger partial charge < -0.3 is 0 Å². The summed E-state index contributed by atoms with van der Waals surface area (Å²) in [6.45, 7) is 9.30. The molecule has 0 saturated heterocycles. The van der Waals surface area contributed by atoms with Crippen molar-refractivity contribution in [3.05, 3.63) is 0 Å². The maximum atomic E-state index is 5.68. The van der Waals surface area contributed by atoms with E-state index < -0.39 is 0 Å². The molecule has 1 fully saturated rings. The van der Waals surface area contributed by atoms with Crippen molar-refractivity contribution < 1.29 is 0 Å². The van der Waals surface area contributed by atoms with Crippen LogP contribution in [0.5, 0.6) is 0 Å². The van der Waals surface area contributed by atoms with Crippen LogP contribution in [0.1, 0.15) is 53.4 Å². The maximum Gasteiger partial charge on any atom is 0.0266 e. The Hall–Kier alpha value is -0.0800. The summed E-state index contributed by atoms with van der Waals surface area (Å²) < 4.78 is 0. The van der Waals surface area contributed by atoms with Gasteiger partial charge in [0, 0.05) is 6.04 Å². The molecule has 1 saturated carbocycles. The molecule has 1 aliphatic carbocycles. The number of hydrogen-bond donors (Lipinski definition) is 2. The summed E-state index contributed by atoms with van der Waals surface area (Å²) in [4.78, 5) is 0. The standard InChI is InChI=1S/C12H26N2/c1-9(2)11(14-13)10-7-5-6-8-12(10,3)4/h9-11,14H,5-8,13H2,1-4H3. The molecule has 0 amide bonds. The average molecular weight is 198 g/mol. The summed E-state index contributed by atoms with van der Waals surface area (Å²) in [5.74, 6) is 7.04. The van der Waals surface area contributed by atoms with Crippen molar-refractivity contribution in [2.24, 2.45) is 23.1 Å². The highest BCUT2D eigenvalue weighted by atomic mass is 15.2. The van der Waals surface area contributed by atoms with Crippen molar-refractivity contribution in [1.82, 2.24) is 5.43 Å². The highest BCUT2D eigenvalue weighted by molar-refractivity contribution is 4.90. The Kier molecular flexibility index (Phi) is 3.96. The predicted octanol–water partition coefficient (Wildman–Crippen LogP) is 2.69. The summed E-state index contributed by atoms with van der Waals surface area (Å²) in [6, 6.07) is 0.477. The first-order valence-corrected chi connectivity index (χ1v) is 5.95. The molecule has 0 aliphatic heterocycles. The van der Waals surface area contributed by atoms with Crippen molar-refractivity contribution in [2.45, 2.75) is 59.4 Å². The van der Waals surface area contributed by atoms with Crippen LogP contribution in [0.2, 0.25) is 0 Å². The van der Waals surface area contributed by atoms with Crippen LogP contribution in [-0.4, -0.2) is 6.04 Å². The minimum Gasteiger partial charge on any atom is -0.271 e. The third-order valence-corrected chi connectivity index (χ3v) is 3.93. The van der Waals surface area contributed by atoms with E-state index in [-0.39, 0.29) is 0 Å². The molecule has 14 heavy (non-hydrogen) atoms. The number of hydrogen-bond acceptors (Lipinski definition) is 2. The molecule has 2 atom stereocenters. The lowest BCUT2D eigenvalue weighted by Gasteiger charge is -2.44. The van der Waals surface area contributed by atoms with Gasteiger partial charge in [-0.2, -0.15) is 0 Å². The van der Waals surface area contributed by atoms with Crippen molar-refractivity contribution >= 4 is 0 Å². The highest BCUT2D eigenvalue weighted by Crippen LogP contribution is 2.43. The molecule has 0 aromatic heterocycles.